The van der Waals surface area contributed by atoms with Crippen LogP contribution in [-0.4, -0.2) is 23.1 Å². The molecule has 0 aliphatic rings. The Bertz CT molecular complexity index is 467. The van der Waals surface area contributed by atoms with E-state index in [4.69, 9.17) is 5.73 Å². The molecule has 2 rings (SSSR count). The van der Waals surface area contributed by atoms with Crippen LogP contribution in [0.4, 0.5) is 5.82 Å². The Morgan fingerprint density at radius 2 is 2.00 bits per heavy atom. The lowest BCUT2D eigenvalue weighted by molar-refractivity contribution is 1.01. The van der Waals surface area contributed by atoms with Gasteiger partial charge < -0.3 is 11.1 Å². The second-order valence-electron chi connectivity index (χ2n) is 3.41. The minimum absolute atomic E-state index is 0.598. The number of hydrogen-bond acceptors (Lipinski definition) is 4. The summed E-state index contributed by atoms with van der Waals surface area (Å²) in [6.45, 7) is 3.28. The van der Waals surface area contributed by atoms with Crippen LogP contribution in [0.3, 0.4) is 0 Å². The number of aromatic nitrogens is 2. The first-order chi connectivity index (χ1) is 7.29. The molecule has 0 aromatic carbocycles. The Kier molecular flexibility index (Phi) is 2.78. The largest absolute Gasteiger partial charge is 0.369 e. The van der Waals surface area contributed by atoms with Gasteiger partial charge in [0.25, 0.3) is 0 Å². The molecule has 0 amide bonds. The molecular formula is C11H14N4. The molecule has 0 bridgehead atoms. The molecule has 0 aliphatic heterocycles. The average molecular weight is 202 g/mol. The minimum Gasteiger partial charge on any atom is -0.369 e. The molecule has 0 spiro atoms. The summed E-state index contributed by atoms with van der Waals surface area (Å²) in [5.74, 6) is 0.825. The number of nitrogens with zero attached hydrogens (tertiary/aromatic N) is 2. The number of nitrogens with one attached hydrogen (secondary N) is 1. The molecule has 0 unspecified atom stereocenters. The smallest absolute Gasteiger partial charge is 0.161 e. The maximum atomic E-state index is 5.41. The molecule has 0 fully saturated rings. The van der Waals surface area contributed by atoms with E-state index in [0.29, 0.717) is 6.54 Å². The second-order valence-corrected chi connectivity index (χ2v) is 3.41. The highest BCUT2D eigenvalue weighted by Crippen LogP contribution is 2.13. The molecule has 4 nitrogen and oxygen atoms in total. The summed E-state index contributed by atoms with van der Waals surface area (Å²) in [6.07, 6.45) is 0. The number of nitrogens with two attached hydrogens (primary N) is 1. The van der Waals surface area contributed by atoms with Crippen molar-refractivity contribution in [2.24, 2.45) is 5.73 Å². The van der Waals surface area contributed by atoms with Gasteiger partial charge in [-0.25, -0.2) is 9.97 Å². The molecule has 4 heteroatoms. The van der Waals surface area contributed by atoms with Gasteiger partial charge in [0.05, 0.1) is 0 Å². The van der Waals surface area contributed by atoms with Gasteiger partial charge in [0, 0.05) is 24.2 Å². The van der Waals surface area contributed by atoms with Gasteiger partial charge >= 0.3 is 0 Å². The summed E-state index contributed by atoms with van der Waals surface area (Å²) in [7, 11) is 0. The van der Waals surface area contributed by atoms with Crippen molar-refractivity contribution < 1.29 is 0 Å². The van der Waals surface area contributed by atoms with E-state index < -0.39 is 0 Å². The fraction of sp³-hybridized carbons (Fsp3) is 0.273. The predicted octanol–water partition coefficient (Wildman–Crippen LogP) is 1.31. The number of rotatable bonds is 3. The van der Waals surface area contributed by atoms with Crippen LogP contribution in [0.5, 0.6) is 0 Å². The molecule has 0 atom stereocenters. The number of anilines is 1. The topological polar surface area (TPSA) is 63.8 Å². The van der Waals surface area contributed by atoms with Crippen molar-refractivity contribution in [3.8, 4) is 0 Å². The first kappa shape index (κ1) is 9.86. The van der Waals surface area contributed by atoms with Gasteiger partial charge in [-0.1, -0.05) is 0 Å². The maximum Gasteiger partial charge on any atom is 0.161 e. The minimum atomic E-state index is 0.598. The van der Waals surface area contributed by atoms with Gasteiger partial charge in [0.2, 0.25) is 0 Å². The van der Waals surface area contributed by atoms with Crippen molar-refractivity contribution in [1.29, 1.82) is 0 Å². The van der Waals surface area contributed by atoms with Gasteiger partial charge in [0.1, 0.15) is 5.82 Å². The SMILES string of the molecule is Cc1ccc2ccc(NCCN)nc2n1. The number of hydrogen-bond donors (Lipinski definition) is 2. The highest BCUT2D eigenvalue weighted by Gasteiger charge is 1.98. The lowest BCUT2D eigenvalue weighted by Gasteiger charge is -2.04. The van der Waals surface area contributed by atoms with Crippen LogP contribution in [0.15, 0.2) is 24.3 Å². The summed E-state index contributed by atoms with van der Waals surface area (Å²) in [6, 6.07) is 7.96. The van der Waals surface area contributed by atoms with Crippen molar-refractivity contribution in [2.75, 3.05) is 18.4 Å². The van der Waals surface area contributed by atoms with Gasteiger partial charge in [-0.15, -0.1) is 0 Å². The number of fused-ring (bicyclic) bond motifs is 1. The fourth-order valence-electron chi connectivity index (χ4n) is 1.39. The van der Waals surface area contributed by atoms with E-state index in [1.165, 1.54) is 0 Å². The molecule has 2 aromatic heterocycles. The van der Waals surface area contributed by atoms with Crippen molar-refractivity contribution >= 4 is 16.9 Å². The Labute approximate surface area is 88.5 Å². The van der Waals surface area contributed by atoms with Gasteiger partial charge in [0.15, 0.2) is 5.65 Å². The Morgan fingerprint density at radius 1 is 1.20 bits per heavy atom. The monoisotopic (exact) mass is 202 g/mol. The highest BCUT2D eigenvalue weighted by atomic mass is 15.0. The second kappa shape index (κ2) is 4.23. The molecule has 2 aromatic rings. The first-order valence-electron chi connectivity index (χ1n) is 4.98. The van der Waals surface area contributed by atoms with Gasteiger partial charge in [-0.05, 0) is 31.2 Å². The van der Waals surface area contributed by atoms with Crippen LogP contribution in [0.25, 0.3) is 11.0 Å². The van der Waals surface area contributed by atoms with E-state index >= 15 is 0 Å². The van der Waals surface area contributed by atoms with E-state index in [1.807, 2.05) is 31.2 Å². The summed E-state index contributed by atoms with van der Waals surface area (Å²) in [5, 5.41) is 4.18. The summed E-state index contributed by atoms with van der Waals surface area (Å²) in [5.41, 5.74) is 7.16. The fourth-order valence-corrected chi connectivity index (χ4v) is 1.39. The molecule has 0 aliphatic carbocycles. The van der Waals surface area contributed by atoms with Gasteiger partial charge in [-0.2, -0.15) is 0 Å². The molecule has 0 radical (unpaired) electrons. The van der Waals surface area contributed by atoms with Crippen LogP contribution < -0.4 is 11.1 Å². The lowest BCUT2D eigenvalue weighted by Crippen LogP contribution is -2.13. The standard InChI is InChI=1S/C11H14N4/c1-8-2-3-9-4-5-10(13-7-6-12)15-11(9)14-8/h2-5H,6-7,12H2,1H3,(H,13,14,15). The molecule has 3 N–H and O–H groups in total. The first-order valence-corrected chi connectivity index (χ1v) is 4.98. The molecule has 0 saturated carbocycles. The average Bonchev–Trinajstić information content (AvgIpc) is 2.25. The van der Waals surface area contributed by atoms with Crippen molar-refractivity contribution in [2.45, 2.75) is 6.92 Å². The van der Waals surface area contributed by atoms with Crippen molar-refractivity contribution in [3.63, 3.8) is 0 Å². The predicted molar refractivity (Wildman–Crippen MR) is 61.8 cm³/mol. The zero-order chi connectivity index (χ0) is 10.7. The highest BCUT2D eigenvalue weighted by molar-refractivity contribution is 5.76. The molecular weight excluding hydrogens is 188 g/mol. The van der Waals surface area contributed by atoms with Gasteiger partial charge in [-0.3, -0.25) is 0 Å². The molecule has 0 saturated heterocycles. The Balaban J connectivity index is 2.36. The van der Waals surface area contributed by atoms with E-state index in [2.05, 4.69) is 15.3 Å². The van der Waals surface area contributed by atoms with Crippen molar-refractivity contribution in [3.05, 3.63) is 30.0 Å². The zero-order valence-electron chi connectivity index (χ0n) is 8.70. The summed E-state index contributed by atoms with van der Waals surface area (Å²) >= 11 is 0. The van der Waals surface area contributed by atoms with Crippen LogP contribution in [0.2, 0.25) is 0 Å². The Hall–Kier alpha value is -1.68. The van der Waals surface area contributed by atoms with Crippen molar-refractivity contribution in [1.82, 2.24) is 9.97 Å². The maximum absolute atomic E-state index is 5.41. The third-order valence-corrected chi connectivity index (χ3v) is 2.14. The van der Waals surface area contributed by atoms with E-state index in [1.54, 1.807) is 0 Å². The molecule has 15 heavy (non-hydrogen) atoms. The summed E-state index contributed by atoms with van der Waals surface area (Å²) in [4.78, 5) is 8.76. The number of aryl methyl sites for hydroxylation is 1. The van der Waals surface area contributed by atoms with Crippen LogP contribution in [-0.2, 0) is 0 Å². The number of pyridine rings is 2. The lowest BCUT2D eigenvalue weighted by atomic mass is 10.2. The third-order valence-electron chi connectivity index (χ3n) is 2.14. The van der Waals surface area contributed by atoms with Crippen LogP contribution in [0, 0.1) is 6.92 Å². The third kappa shape index (κ3) is 2.22. The quantitative estimate of drug-likeness (QED) is 0.787. The van der Waals surface area contributed by atoms with E-state index in [0.717, 1.165) is 29.1 Å². The zero-order valence-corrected chi connectivity index (χ0v) is 8.70. The Morgan fingerprint density at radius 3 is 2.80 bits per heavy atom. The van der Waals surface area contributed by atoms with E-state index in [-0.39, 0.29) is 0 Å². The molecule has 2 heterocycles. The summed E-state index contributed by atoms with van der Waals surface area (Å²) < 4.78 is 0. The normalized spacial score (nSPS) is 10.5. The van der Waals surface area contributed by atoms with Crippen LogP contribution >= 0.6 is 0 Å². The van der Waals surface area contributed by atoms with E-state index in [9.17, 15) is 0 Å². The molecule has 78 valence electrons. The van der Waals surface area contributed by atoms with Crippen LogP contribution in [0.1, 0.15) is 5.69 Å².